The van der Waals surface area contributed by atoms with Gasteiger partial charge in [0, 0.05) is 0 Å². The highest BCUT2D eigenvalue weighted by atomic mass is 35.5. The van der Waals surface area contributed by atoms with Gasteiger partial charge in [0.05, 0.1) is 0 Å². The molecule has 0 spiro atoms. The second-order valence-electron chi connectivity index (χ2n) is 10.1. The Morgan fingerprint density at radius 2 is 1.00 bits per heavy atom. The summed E-state index contributed by atoms with van der Waals surface area (Å²) in [6, 6.07) is 20.4. The maximum atomic E-state index is 13.6. The van der Waals surface area contributed by atoms with Crippen molar-refractivity contribution in [1.29, 1.82) is 0 Å². The lowest BCUT2D eigenvalue weighted by molar-refractivity contribution is 0.253. The Hall–Kier alpha value is -2.19. The van der Waals surface area contributed by atoms with Crippen molar-refractivity contribution in [2.24, 2.45) is 11.8 Å². The summed E-state index contributed by atoms with van der Waals surface area (Å²) in [5.74, 6) is 0.365. The van der Waals surface area contributed by atoms with E-state index in [0.29, 0.717) is 12.0 Å². The van der Waals surface area contributed by atoms with E-state index in [1.54, 1.807) is 0 Å². The van der Waals surface area contributed by atoms with Crippen LogP contribution in [0.2, 0.25) is 5.02 Å². The van der Waals surface area contributed by atoms with E-state index in [-0.39, 0.29) is 0 Å². The maximum absolute atomic E-state index is 13.6. The second kappa shape index (κ2) is 12.0. The third kappa shape index (κ3) is 7.15. The van der Waals surface area contributed by atoms with Gasteiger partial charge in [0.25, 0.3) is 0 Å². The minimum Gasteiger partial charge on any atom is -0.205 e. The number of hydrogen-bond acceptors (Lipinski definition) is 0. The molecule has 0 amide bonds. The van der Waals surface area contributed by atoms with Gasteiger partial charge in [-0.2, -0.15) is 0 Å². The molecule has 1 aliphatic rings. The summed E-state index contributed by atoms with van der Waals surface area (Å²) >= 11 is 5.57. The fourth-order valence-corrected chi connectivity index (χ4v) is 5.33. The molecule has 0 radical (unpaired) electrons. The first-order valence-corrected chi connectivity index (χ1v) is 13.1. The highest BCUT2D eigenvalue weighted by Gasteiger charge is 2.21. The molecular formula is C31H35ClF2. The zero-order chi connectivity index (χ0) is 23.9. The molecular weight excluding hydrogens is 446 g/mol. The molecule has 0 aromatic heterocycles. The van der Waals surface area contributed by atoms with Crippen LogP contribution in [-0.2, 0) is 25.7 Å². The zero-order valence-electron chi connectivity index (χ0n) is 20.1. The lowest BCUT2D eigenvalue weighted by atomic mass is 9.77. The molecule has 1 aliphatic carbocycles. The molecule has 3 aromatic carbocycles. The summed E-state index contributed by atoms with van der Waals surface area (Å²) < 4.78 is 27.3. The fourth-order valence-electron chi connectivity index (χ4n) is 5.22. The predicted molar refractivity (Wildman–Crippen MR) is 138 cm³/mol. The summed E-state index contributed by atoms with van der Waals surface area (Å²) in [6.45, 7) is 2.15. The minimum atomic E-state index is -0.688. The van der Waals surface area contributed by atoms with Crippen LogP contribution in [0.4, 0.5) is 8.78 Å². The van der Waals surface area contributed by atoms with Crippen LogP contribution >= 0.6 is 11.6 Å². The van der Waals surface area contributed by atoms with Crippen molar-refractivity contribution in [3.8, 4) is 0 Å². The summed E-state index contributed by atoms with van der Waals surface area (Å²) in [4.78, 5) is 0. The van der Waals surface area contributed by atoms with Crippen molar-refractivity contribution in [1.82, 2.24) is 0 Å². The monoisotopic (exact) mass is 480 g/mol. The van der Waals surface area contributed by atoms with Crippen LogP contribution in [0.3, 0.4) is 0 Å². The zero-order valence-corrected chi connectivity index (χ0v) is 20.9. The smallest absolute Gasteiger partial charge is 0.145 e. The molecule has 1 saturated carbocycles. The van der Waals surface area contributed by atoms with Crippen molar-refractivity contribution in [2.45, 2.75) is 71.1 Å². The molecule has 4 rings (SSSR count). The Bertz CT molecular complexity index is 1020. The first-order chi connectivity index (χ1) is 16.5. The van der Waals surface area contributed by atoms with Crippen LogP contribution in [0, 0.1) is 30.4 Å². The lowest BCUT2D eigenvalue weighted by Crippen LogP contribution is -2.15. The predicted octanol–water partition coefficient (Wildman–Crippen LogP) is 9.08. The molecule has 0 bridgehead atoms. The van der Waals surface area contributed by atoms with E-state index in [1.807, 2.05) is 0 Å². The van der Waals surface area contributed by atoms with Gasteiger partial charge in [-0.1, -0.05) is 91.4 Å². The molecule has 0 saturated heterocycles. The Balaban J connectivity index is 1.16. The van der Waals surface area contributed by atoms with Gasteiger partial charge in [0.2, 0.25) is 0 Å². The molecule has 0 unspecified atom stereocenters. The Morgan fingerprint density at radius 1 is 0.618 bits per heavy atom. The van der Waals surface area contributed by atoms with E-state index >= 15 is 0 Å². The minimum absolute atomic E-state index is 0.427. The standard InChI is InChI=1S/C31H35ClF2/c1-22-2-4-23(5-3-22)6-7-24-8-10-25(11-9-24)12-13-26-14-16-27(17-15-26)18-19-28-20-29(33)31(32)30(34)21-28/h2-5,14-17,20-21,24-25H,6-13,18-19H2,1H3. The van der Waals surface area contributed by atoms with Crippen LogP contribution in [0.25, 0.3) is 0 Å². The Labute approximate surface area is 208 Å². The van der Waals surface area contributed by atoms with Gasteiger partial charge in [-0.25, -0.2) is 8.78 Å². The first kappa shape index (κ1) is 24.9. The van der Waals surface area contributed by atoms with Crippen molar-refractivity contribution < 1.29 is 8.78 Å². The first-order valence-electron chi connectivity index (χ1n) is 12.7. The van der Waals surface area contributed by atoms with Gasteiger partial charge >= 0.3 is 0 Å². The number of aryl methyl sites for hydroxylation is 5. The summed E-state index contributed by atoms with van der Waals surface area (Å²) in [7, 11) is 0. The van der Waals surface area contributed by atoms with Crippen molar-refractivity contribution in [3.63, 3.8) is 0 Å². The quantitative estimate of drug-likeness (QED) is 0.268. The molecule has 0 N–H and O–H groups in total. The van der Waals surface area contributed by atoms with E-state index in [2.05, 4.69) is 55.5 Å². The molecule has 1 fully saturated rings. The van der Waals surface area contributed by atoms with Gasteiger partial charge in [0.1, 0.15) is 16.7 Å². The molecule has 34 heavy (non-hydrogen) atoms. The number of benzene rings is 3. The van der Waals surface area contributed by atoms with E-state index in [0.717, 1.165) is 24.7 Å². The van der Waals surface area contributed by atoms with Crippen molar-refractivity contribution in [3.05, 3.63) is 105 Å². The van der Waals surface area contributed by atoms with Crippen LogP contribution in [0.5, 0.6) is 0 Å². The molecule has 0 nitrogen and oxygen atoms in total. The molecule has 3 heteroatoms. The maximum Gasteiger partial charge on any atom is 0.145 e. The third-order valence-electron chi connectivity index (χ3n) is 7.54. The summed E-state index contributed by atoms with van der Waals surface area (Å²) in [5.41, 5.74) is 6.02. The largest absolute Gasteiger partial charge is 0.205 e. The van der Waals surface area contributed by atoms with Gasteiger partial charge in [-0.15, -0.1) is 0 Å². The van der Waals surface area contributed by atoms with Crippen molar-refractivity contribution >= 4 is 11.6 Å². The van der Waals surface area contributed by atoms with Crippen LogP contribution in [0.15, 0.2) is 60.7 Å². The average molecular weight is 481 g/mol. The SMILES string of the molecule is Cc1ccc(CCC2CCC(CCc3ccc(CCc4cc(F)c(Cl)c(F)c4)cc3)CC2)cc1. The average Bonchev–Trinajstić information content (AvgIpc) is 2.85. The molecule has 180 valence electrons. The van der Waals surface area contributed by atoms with E-state index in [1.165, 1.54) is 79.3 Å². The van der Waals surface area contributed by atoms with E-state index in [9.17, 15) is 8.78 Å². The molecule has 0 atom stereocenters. The highest BCUT2D eigenvalue weighted by molar-refractivity contribution is 6.30. The molecule has 3 aromatic rings. The molecule has 0 aliphatic heterocycles. The summed E-state index contributed by atoms with van der Waals surface area (Å²) in [6.07, 6.45) is 11.8. The Morgan fingerprint density at radius 3 is 1.47 bits per heavy atom. The van der Waals surface area contributed by atoms with Crippen LogP contribution in [-0.4, -0.2) is 0 Å². The van der Waals surface area contributed by atoms with E-state index < -0.39 is 16.7 Å². The van der Waals surface area contributed by atoms with Gasteiger partial charge in [-0.05, 0) is 91.7 Å². The number of halogens is 3. The van der Waals surface area contributed by atoms with E-state index in [4.69, 9.17) is 11.6 Å². The lowest BCUT2D eigenvalue weighted by Gasteiger charge is -2.28. The second-order valence-corrected chi connectivity index (χ2v) is 10.5. The van der Waals surface area contributed by atoms with Gasteiger partial charge < -0.3 is 0 Å². The topological polar surface area (TPSA) is 0 Å². The number of rotatable bonds is 9. The van der Waals surface area contributed by atoms with Gasteiger partial charge in [0.15, 0.2) is 0 Å². The fraction of sp³-hybridized carbons (Fsp3) is 0.419. The van der Waals surface area contributed by atoms with Crippen LogP contribution < -0.4 is 0 Å². The third-order valence-corrected chi connectivity index (χ3v) is 7.90. The van der Waals surface area contributed by atoms with Crippen LogP contribution in [0.1, 0.15) is 66.3 Å². The van der Waals surface area contributed by atoms with Crippen molar-refractivity contribution in [2.75, 3.05) is 0 Å². The highest BCUT2D eigenvalue weighted by Crippen LogP contribution is 2.34. The normalized spacial score (nSPS) is 18.2. The Kier molecular flexibility index (Phi) is 8.78. The molecule has 0 heterocycles. The summed E-state index contributed by atoms with van der Waals surface area (Å²) in [5, 5.41) is -0.427. The number of hydrogen-bond donors (Lipinski definition) is 0. The van der Waals surface area contributed by atoms with Gasteiger partial charge in [-0.3, -0.25) is 0 Å².